The van der Waals surface area contributed by atoms with Gasteiger partial charge in [-0.2, -0.15) is 0 Å². The van der Waals surface area contributed by atoms with Gasteiger partial charge in [-0.1, -0.05) is 41.9 Å². The summed E-state index contributed by atoms with van der Waals surface area (Å²) < 4.78 is 6.01. The van der Waals surface area contributed by atoms with Crippen LogP contribution in [0, 0.1) is 0 Å². The summed E-state index contributed by atoms with van der Waals surface area (Å²) in [6.45, 7) is 6.87. The number of likely N-dealkylation sites (N-methyl/N-ethyl adjacent to an activating group) is 1. The molecule has 1 amide bonds. The van der Waals surface area contributed by atoms with Crippen LogP contribution in [0.25, 0.3) is 5.76 Å². The van der Waals surface area contributed by atoms with E-state index in [2.05, 4.69) is 34.7 Å². The van der Waals surface area contributed by atoms with Gasteiger partial charge in [0.15, 0.2) is 0 Å². The van der Waals surface area contributed by atoms with Crippen molar-refractivity contribution in [3.8, 4) is 5.75 Å². The molecule has 0 aliphatic carbocycles. The Balaban J connectivity index is 2.08. The van der Waals surface area contributed by atoms with Gasteiger partial charge < -0.3 is 19.6 Å². The third kappa shape index (κ3) is 4.83. The van der Waals surface area contributed by atoms with E-state index in [1.54, 1.807) is 36.3 Å². The van der Waals surface area contributed by atoms with Gasteiger partial charge in [-0.3, -0.25) is 9.59 Å². The number of hydrogen-bond donors (Lipinski definition) is 1. The van der Waals surface area contributed by atoms with Gasteiger partial charge in [0, 0.05) is 23.1 Å². The first kappa shape index (κ1) is 23.0. The molecule has 0 aromatic heterocycles. The van der Waals surface area contributed by atoms with Crippen molar-refractivity contribution < 1.29 is 19.4 Å². The van der Waals surface area contributed by atoms with E-state index in [0.29, 0.717) is 24.4 Å². The van der Waals surface area contributed by atoms with Gasteiger partial charge in [-0.25, -0.2) is 0 Å². The number of nitrogens with zero attached hydrogens (tertiary/aromatic N) is 2. The Morgan fingerprint density at radius 1 is 1.13 bits per heavy atom. The van der Waals surface area contributed by atoms with Crippen molar-refractivity contribution in [2.45, 2.75) is 19.9 Å². The van der Waals surface area contributed by atoms with Gasteiger partial charge in [0.05, 0.1) is 18.7 Å². The van der Waals surface area contributed by atoms with Gasteiger partial charge in [0.1, 0.15) is 11.5 Å². The standard InChI is InChI=1S/C24H27BrN2O4/c1-4-26(5-2)13-14-27-21(17-7-6-8-18(25)15-17)20(23(29)24(27)30)22(28)16-9-11-19(31-3)12-10-16/h6-12,15,21,28H,4-5,13-14H2,1-3H3/t21-/m0/s1. The third-order valence-electron chi connectivity index (χ3n) is 5.62. The Morgan fingerprint density at radius 3 is 2.39 bits per heavy atom. The zero-order chi connectivity index (χ0) is 22.5. The smallest absolute Gasteiger partial charge is 0.295 e. The Kier molecular flexibility index (Phi) is 7.51. The molecule has 0 spiro atoms. The number of benzene rings is 2. The molecule has 1 atom stereocenters. The minimum Gasteiger partial charge on any atom is -0.507 e. The number of methoxy groups -OCH3 is 1. The number of carbonyl (C=O) groups excluding carboxylic acids is 2. The maximum absolute atomic E-state index is 13.0. The monoisotopic (exact) mass is 486 g/mol. The molecule has 1 N–H and O–H groups in total. The first-order valence-corrected chi connectivity index (χ1v) is 11.1. The lowest BCUT2D eigenvalue weighted by Gasteiger charge is -2.28. The van der Waals surface area contributed by atoms with Crippen molar-refractivity contribution in [1.29, 1.82) is 0 Å². The predicted molar refractivity (Wildman–Crippen MR) is 124 cm³/mol. The Bertz CT molecular complexity index is 983. The molecular weight excluding hydrogens is 460 g/mol. The summed E-state index contributed by atoms with van der Waals surface area (Å²) in [6.07, 6.45) is 0. The van der Waals surface area contributed by atoms with Crippen molar-refractivity contribution in [3.05, 3.63) is 69.7 Å². The number of hydrogen-bond acceptors (Lipinski definition) is 5. The fourth-order valence-corrected chi connectivity index (χ4v) is 4.24. The minimum atomic E-state index is -0.669. The molecule has 0 unspecified atom stereocenters. The number of aliphatic hydroxyl groups excluding tert-OH is 1. The third-order valence-corrected chi connectivity index (χ3v) is 6.11. The summed E-state index contributed by atoms with van der Waals surface area (Å²) in [4.78, 5) is 29.8. The van der Waals surface area contributed by atoms with Crippen LogP contribution in [0.5, 0.6) is 5.75 Å². The van der Waals surface area contributed by atoms with Crippen molar-refractivity contribution in [2.24, 2.45) is 0 Å². The van der Waals surface area contributed by atoms with Crippen molar-refractivity contribution >= 4 is 33.4 Å². The van der Waals surface area contributed by atoms with Gasteiger partial charge in [-0.15, -0.1) is 0 Å². The highest BCUT2D eigenvalue weighted by Crippen LogP contribution is 2.40. The lowest BCUT2D eigenvalue weighted by molar-refractivity contribution is -0.140. The number of Topliss-reactive ketones (excluding diaryl/α,β-unsaturated/α-hetero) is 1. The molecule has 31 heavy (non-hydrogen) atoms. The molecular formula is C24H27BrN2O4. The maximum atomic E-state index is 13.0. The second-order valence-electron chi connectivity index (χ2n) is 7.30. The highest BCUT2D eigenvalue weighted by atomic mass is 79.9. The van der Waals surface area contributed by atoms with Crippen LogP contribution < -0.4 is 4.74 Å². The summed E-state index contributed by atoms with van der Waals surface area (Å²) in [5.41, 5.74) is 1.33. The van der Waals surface area contributed by atoms with Crippen LogP contribution in [0.3, 0.4) is 0 Å². The lowest BCUT2D eigenvalue weighted by Crippen LogP contribution is -2.38. The van der Waals surface area contributed by atoms with E-state index in [1.165, 1.54) is 0 Å². The van der Waals surface area contributed by atoms with Crippen LogP contribution >= 0.6 is 15.9 Å². The number of carbonyl (C=O) groups is 2. The molecule has 164 valence electrons. The van der Waals surface area contributed by atoms with Gasteiger partial charge >= 0.3 is 0 Å². The van der Waals surface area contributed by atoms with Gasteiger partial charge in [0.2, 0.25) is 0 Å². The average molecular weight is 487 g/mol. The highest BCUT2D eigenvalue weighted by Gasteiger charge is 2.46. The van der Waals surface area contributed by atoms with E-state index < -0.39 is 17.7 Å². The number of amides is 1. The number of ether oxygens (including phenoxy) is 1. The molecule has 6 nitrogen and oxygen atoms in total. The number of halogens is 1. The van der Waals surface area contributed by atoms with Crippen LogP contribution in [0.15, 0.2) is 58.6 Å². The fraction of sp³-hybridized carbons (Fsp3) is 0.333. The largest absolute Gasteiger partial charge is 0.507 e. The van der Waals surface area contributed by atoms with Crippen LogP contribution in [0.4, 0.5) is 0 Å². The Labute approximate surface area is 191 Å². The molecule has 0 radical (unpaired) electrons. The Morgan fingerprint density at radius 2 is 1.81 bits per heavy atom. The summed E-state index contributed by atoms with van der Waals surface area (Å²) >= 11 is 3.47. The molecule has 2 aromatic rings. The van der Waals surface area contributed by atoms with Crippen molar-refractivity contribution in [1.82, 2.24) is 9.80 Å². The van der Waals surface area contributed by atoms with E-state index in [4.69, 9.17) is 4.74 Å². The lowest BCUT2D eigenvalue weighted by atomic mass is 9.95. The molecule has 1 fully saturated rings. The van der Waals surface area contributed by atoms with Gasteiger partial charge in [0.25, 0.3) is 11.7 Å². The molecule has 3 rings (SSSR count). The molecule has 1 saturated heterocycles. The molecule has 2 aromatic carbocycles. The van der Waals surface area contributed by atoms with E-state index in [0.717, 1.165) is 23.1 Å². The topological polar surface area (TPSA) is 70.1 Å². The second kappa shape index (κ2) is 10.1. The van der Waals surface area contributed by atoms with E-state index in [1.807, 2.05) is 24.3 Å². The number of likely N-dealkylation sites (tertiary alicyclic amines) is 1. The van der Waals surface area contributed by atoms with E-state index in [9.17, 15) is 14.7 Å². The van der Waals surface area contributed by atoms with Crippen LogP contribution in [0.1, 0.15) is 31.0 Å². The van der Waals surface area contributed by atoms with Crippen LogP contribution in [0.2, 0.25) is 0 Å². The molecule has 7 heteroatoms. The van der Waals surface area contributed by atoms with E-state index in [-0.39, 0.29) is 11.3 Å². The average Bonchev–Trinajstić information content (AvgIpc) is 3.04. The van der Waals surface area contributed by atoms with Crippen LogP contribution in [-0.2, 0) is 9.59 Å². The van der Waals surface area contributed by atoms with Crippen molar-refractivity contribution in [3.63, 3.8) is 0 Å². The summed E-state index contributed by atoms with van der Waals surface area (Å²) in [7, 11) is 1.56. The molecule has 0 bridgehead atoms. The normalized spacial score (nSPS) is 18.1. The summed E-state index contributed by atoms with van der Waals surface area (Å²) in [6, 6.07) is 13.6. The molecule has 1 heterocycles. The summed E-state index contributed by atoms with van der Waals surface area (Å²) in [5, 5.41) is 11.1. The predicted octanol–water partition coefficient (Wildman–Crippen LogP) is 4.22. The SMILES string of the molecule is CCN(CC)CCN1C(=O)C(=O)C(=C(O)c2ccc(OC)cc2)[C@@H]1c1cccc(Br)c1. The van der Waals surface area contributed by atoms with E-state index >= 15 is 0 Å². The summed E-state index contributed by atoms with van der Waals surface area (Å²) in [5.74, 6) is -0.805. The Hall–Kier alpha value is -2.64. The second-order valence-corrected chi connectivity index (χ2v) is 8.22. The zero-order valence-electron chi connectivity index (χ0n) is 18.0. The quantitative estimate of drug-likeness (QED) is 0.343. The highest BCUT2D eigenvalue weighted by molar-refractivity contribution is 9.10. The number of ketones is 1. The first-order chi connectivity index (χ1) is 14.9. The molecule has 1 aliphatic heterocycles. The van der Waals surface area contributed by atoms with Crippen molar-refractivity contribution in [2.75, 3.05) is 33.3 Å². The minimum absolute atomic E-state index is 0.104. The number of aliphatic hydroxyl groups is 1. The fourth-order valence-electron chi connectivity index (χ4n) is 3.83. The van der Waals surface area contributed by atoms with Gasteiger partial charge in [-0.05, 0) is 55.1 Å². The maximum Gasteiger partial charge on any atom is 0.295 e. The zero-order valence-corrected chi connectivity index (χ0v) is 19.6. The van der Waals surface area contributed by atoms with Crippen LogP contribution in [-0.4, -0.2) is 59.9 Å². The molecule has 1 aliphatic rings. The first-order valence-electron chi connectivity index (χ1n) is 10.3. The number of rotatable bonds is 8. The molecule has 0 saturated carbocycles.